The minimum Gasteiger partial charge on any atom is -0.493 e. The van der Waals surface area contributed by atoms with Crippen LogP contribution < -0.4 is 25.3 Å². The third-order valence-corrected chi connectivity index (χ3v) is 5.51. The summed E-state index contributed by atoms with van der Waals surface area (Å²) in [6, 6.07) is 7.23. The molecule has 0 saturated carbocycles. The van der Waals surface area contributed by atoms with Crippen molar-refractivity contribution in [2.75, 3.05) is 32.4 Å². The molecular formula is C21H25N3O4S. The number of amides is 1. The molecule has 0 radical (unpaired) electrons. The third kappa shape index (κ3) is 4.22. The van der Waals surface area contributed by atoms with E-state index in [0.29, 0.717) is 39.4 Å². The van der Waals surface area contributed by atoms with E-state index < -0.39 is 0 Å². The van der Waals surface area contributed by atoms with Crippen molar-refractivity contribution in [1.82, 2.24) is 4.98 Å². The SMILES string of the molecule is COc1cc(NC(=O)c2sc3nc(CC(C)C)ccc3c2N)cc(OC)c1OC. The second-order valence-corrected chi connectivity index (χ2v) is 7.97. The van der Waals surface area contributed by atoms with E-state index in [0.717, 1.165) is 22.3 Å². The predicted molar refractivity (Wildman–Crippen MR) is 117 cm³/mol. The number of thiophene rings is 1. The summed E-state index contributed by atoms with van der Waals surface area (Å²) in [5.41, 5.74) is 8.17. The predicted octanol–water partition coefficient (Wildman–Crippen LogP) is 4.36. The number of hydrogen-bond donors (Lipinski definition) is 2. The highest BCUT2D eigenvalue weighted by Crippen LogP contribution is 2.40. The Balaban J connectivity index is 1.93. The Morgan fingerprint density at radius 1 is 1.14 bits per heavy atom. The van der Waals surface area contributed by atoms with E-state index in [1.54, 1.807) is 12.1 Å². The number of aromatic nitrogens is 1. The number of carbonyl (C=O) groups is 1. The Kier molecular flexibility index (Phi) is 6.12. The van der Waals surface area contributed by atoms with Crippen molar-refractivity contribution >= 4 is 38.8 Å². The number of nitrogens with zero attached hydrogens (tertiary/aromatic N) is 1. The third-order valence-electron chi connectivity index (χ3n) is 4.40. The Morgan fingerprint density at radius 3 is 2.34 bits per heavy atom. The van der Waals surface area contributed by atoms with Crippen LogP contribution in [0.1, 0.15) is 29.2 Å². The van der Waals surface area contributed by atoms with Gasteiger partial charge in [-0.15, -0.1) is 11.3 Å². The smallest absolute Gasteiger partial charge is 0.267 e. The van der Waals surface area contributed by atoms with Crippen LogP contribution in [0.3, 0.4) is 0 Å². The Bertz CT molecular complexity index is 1020. The molecule has 3 rings (SSSR count). The number of hydrogen-bond acceptors (Lipinski definition) is 7. The zero-order valence-corrected chi connectivity index (χ0v) is 18.0. The molecule has 1 amide bonds. The van der Waals surface area contributed by atoms with Gasteiger partial charge in [0.05, 0.1) is 27.0 Å². The highest BCUT2D eigenvalue weighted by Gasteiger charge is 2.20. The van der Waals surface area contributed by atoms with Gasteiger partial charge in [-0.25, -0.2) is 4.98 Å². The Hall–Kier alpha value is -3.00. The van der Waals surface area contributed by atoms with Gasteiger partial charge in [-0.05, 0) is 24.5 Å². The highest BCUT2D eigenvalue weighted by molar-refractivity contribution is 7.21. The number of benzene rings is 1. The summed E-state index contributed by atoms with van der Waals surface area (Å²) in [4.78, 5) is 18.7. The van der Waals surface area contributed by atoms with Crippen LogP contribution in [0.15, 0.2) is 24.3 Å². The summed E-state index contributed by atoms with van der Waals surface area (Å²) in [6.07, 6.45) is 0.876. The number of fused-ring (bicyclic) bond motifs is 1. The maximum atomic E-state index is 12.9. The van der Waals surface area contributed by atoms with Crippen LogP contribution in [0, 0.1) is 5.92 Å². The van der Waals surface area contributed by atoms with Gasteiger partial charge in [-0.3, -0.25) is 4.79 Å². The van der Waals surface area contributed by atoms with Gasteiger partial charge in [0.2, 0.25) is 5.75 Å². The van der Waals surface area contributed by atoms with Gasteiger partial charge in [-0.2, -0.15) is 0 Å². The molecule has 0 fully saturated rings. The molecule has 3 N–H and O–H groups in total. The molecule has 8 heteroatoms. The van der Waals surface area contributed by atoms with Crippen LogP contribution in [-0.2, 0) is 6.42 Å². The summed E-state index contributed by atoms with van der Waals surface area (Å²) in [6.45, 7) is 4.29. The average Bonchev–Trinajstić information content (AvgIpc) is 3.02. The van der Waals surface area contributed by atoms with E-state index in [-0.39, 0.29) is 5.91 Å². The van der Waals surface area contributed by atoms with E-state index in [4.69, 9.17) is 19.9 Å². The summed E-state index contributed by atoms with van der Waals surface area (Å²) in [5, 5.41) is 3.65. The first-order chi connectivity index (χ1) is 13.9. The molecule has 29 heavy (non-hydrogen) atoms. The van der Waals surface area contributed by atoms with Gasteiger partial charge in [0, 0.05) is 28.9 Å². The molecule has 2 aromatic heterocycles. The van der Waals surface area contributed by atoms with E-state index >= 15 is 0 Å². The van der Waals surface area contributed by atoms with E-state index in [9.17, 15) is 4.79 Å². The fraction of sp³-hybridized carbons (Fsp3) is 0.333. The molecule has 0 spiro atoms. The number of methoxy groups -OCH3 is 3. The lowest BCUT2D eigenvalue weighted by molar-refractivity contribution is 0.103. The van der Waals surface area contributed by atoms with Crippen molar-refractivity contribution < 1.29 is 19.0 Å². The number of nitrogens with two attached hydrogens (primary N) is 1. The molecule has 2 heterocycles. The first-order valence-electron chi connectivity index (χ1n) is 9.17. The zero-order valence-electron chi connectivity index (χ0n) is 17.2. The molecule has 0 aliphatic heterocycles. The van der Waals surface area contributed by atoms with E-state index in [1.165, 1.54) is 32.7 Å². The van der Waals surface area contributed by atoms with Crippen molar-refractivity contribution in [3.05, 3.63) is 34.8 Å². The zero-order chi connectivity index (χ0) is 21.1. The minimum atomic E-state index is -0.315. The van der Waals surface area contributed by atoms with Crippen LogP contribution in [0.2, 0.25) is 0 Å². The summed E-state index contributed by atoms with van der Waals surface area (Å²) in [7, 11) is 4.57. The van der Waals surface area contributed by atoms with Gasteiger partial charge >= 0.3 is 0 Å². The van der Waals surface area contributed by atoms with Gasteiger partial charge in [0.1, 0.15) is 9.71 Å². The van der Waals surface area contributed by atoms with Crippen LogP contribution >= 0.6 is 11.3 Å². The maximum Gasteiger partial charge on any atom is 0.267 e. The largest absolute Gasteiger partial charge is 0.493 e. The normalized spacial score (nSPS) is 11.0. The molecule has 0 aliphatic rings. The molecule has 3 aromatic rings. The van der Waals surface area contributed by atoms with Gasteiger partial charge in [0.25, 0.3) is 5.91 Å². The lowest BCUT2D eigenvalue weighted by atomic mass is 10.1. The topological polar surface area (TPSA) is 95.7 Å². The molecule has 0 aliphatic carbocycles. The van der Waals surface area contributed by atoms with Crippen molar-refractivity contribution in [3.8, 4) is 17.2 Å². The molecule has 0 bridgehead atoms. The average molecular weight is 416 g/mol. The lowest BCUT2D eigenvalue weighted by Crippen LogP contribution is -2.12. The van der Waals surface area contributed by atoms with Crippen molar-refractivity contribution in [3.63, 3.8) is 0 Å². The Labute approximate surface area is 173 Å². The number of anilines is 2. The summed E-state index contributed by atoms with van der Waals surface area (Å²) in [5.74, 6) is 1.54. The standard InChI is InChI=1S/C21H25N3O4S/c1-11(2)8-12-6-7-14-17(22)19(29-21(14)24-12)20(25)23-13-9-15(26-3)18(28-5)16(10-13)27-4/h6-7,9-11H,8,22H2,1-5H3,(H,23,25). The number of nitrogen functional groups attached to an aromatic ring is 1. The van der Waals surface area contributed by atoms with Crippen LogP contribution in [0.25, 0.3) is 10.2 Å². The number of ether oxygens (including phenoxy) is 3. The molecule has 0 atom stereocenters. The highest BCUT2D eigenvalue weighted by atomic mass is 32.1. The van der Waals surface area contributed by atoms with Gasteiger partial charge in [0.15, 0.2) is 11.5 Å². The van der Waals surface area contributed by atoms with Crippen molar-refractivity contribution in [1.29, 1.82) is 0 Å². The fourth-order valence-electron chi connectivity index (χ4n) is 3.08. The maximum absolute atomic E-state index is 12.9. The fourth-order valence-corrected chi connectivity index (χ4v) is 4.09. The number of rotatable bonds is 7. The quantitative estimate of drug-likeness (QED) is 0.595. The molecule has 154 valence electrons. The van der Waals surface area contributed by atoms with Crippen molar-refractivity contribution in [2.45, 2.75) is 20.3 Å². The summed E-state index contributed by atoms with van der Waals surface area (Å²) < 4.78 is 16.0. The molecule has 0 unspecified atom stereocenters. The molecule has 7 nitrogen and oxygen atoms in total. The second-order valence-electron chi connectivity index (χ2n) is 6.97. The monoisotopic (exact) mass is 415 g/mol. The van der Waals surface area contributed by atoms with Crippen LogP contribution in [0.5, 0.6) is 17.2 Å². The number of nitrogens with one attached hydrogen (secondary N) is 1. The molecular weight excluding hydrogens is 390 g/mol. The first kappa shape index (κ1) is 20.7. The molecule has 0 saturated heterocycles. The van der Waals surface area contributed by atoms with E-state index in [1.807, 2.05) is 12.1 Å². The summed E-state index contributed by atoms with van der Waals surface area (Å²) >= 11 is 1.28. The molecule has 1 aromatic carbocycles. The number of pyridine rings is 1. The number of carbonyl (C=O) groups excluding carboxylic acids is 1. The van der Waals surface area contributed by atoms with Crippen LogP contribution in [-0.4, -0.2) is 32.2 Å². The van der Waals surface area contributed by atoms with Crippen molar-refractivity contribution in [2.24, 2.45) is 5.92 Å². The first-order valence-corrected chi connectivity index (χ1v) is 9.98. The second kappa shape index (κ2) is 8.57. The lowest BCUT2D eigenvalue weighted by Gasteiger charge is -2.14. The van der Waals surface area contributed by atoms with Crippen LogP contribution in [0.4, 0.5) is 11.4 Å². The minimum absolute atomic E-state index is 0.315. The van der Waals surface area contributed by atoms with Gasteiger partial charge < -0.3 is 25.3 Å². The van der Waals surface area contributed by atoms with E-state index in [2.05, 4.69) is 24.1 Å². The van der Waals surface area contributed by atoms with Gasteiger partial charge in [-0.1, -0.05) is 13.8 Å². The Morgan fingerprint density at radius 2 is 1.79 bits per heavy atom.